The van der Waals surface area contributed by atoms with Gasteiger partial charge in [-0.2, -0.15) is 0 Å². The number of nitrogens with two attached hydrogens (primary N) is 2. The van der Waals surface area contributed by atoms with Gasteiger partial charge in [-0.3, -0.25) is 0 Å². The lowest BCUT2D eigenvalue weighted by molar-refractivity contribution is 0.300. The van der Waals surface area contributed by atoms with Crippen LogP contribution in [0.3, 0.4) is 0 Å². The molecular weight excluding hydrogens is 299 g/mol. The minimum absolute atomic E-state index is 0.141. The van der Waals surface area contributed by atoms with E-state index in [2.05, 4.69) is 15.9 Å². The van der Waals surface area contributed by atoms with Crippen LogP contribution in [0.5, 0.6) is 5.75 Å². The summed E-state index contributed by atoms with van der Waals surface area (Å²) in [5.41, 5.74) is 12.7. The van der Waals surface area contributed by atoms with Crippen LogP contribution in [0.1, 0.15) is 5.56 Å². The molecule has 0 amide bonds. The molecule has 0 atom stereocenters. The zero-order valence-corrected chi connectivity index (χ0v) is 11.1. The van der Waals surface area contributed by atoms with E-state index < -0.39 is 0 Å². The molecular formula is C13H12BrFN2O. The van der Waals surface area contributed by atoms with E-state index in [1.165, 1.54) is 6.07 Å². The Bertz CT molecular complexity index is 575. The van der Waals surface area contributed by atoms with Crippen molar-refractivity contribution in [1.82, 2.24) is 0 Å². The molecule has 0 unspecified atom stereocenters. The molecule has 0 saturated carbocycles. The molecule has 5 heteroatoms. The minimum Gasteiger partial charge on any atom is -0.489 e. The highest BCUT2D eigenvalue weighted by atomic mass is 79.9. The monoisotopic (exact) mass is 310 g/mol. The first-order chi connectivity index (χ1) is 8.56. The first-order valence-electron chi connectivity index (χ1n) is 5.28. The van der Waals surface area contributed by atoms with E-state index >= 15 is 0 Å². The molecule has 0 fully saturated rings. The van der Waals surface area contributed by atoms with Gasteiger partial charge in [0.1, 0.15) is 18.2 Å². The van der Waals surface area contributed by atoms with Gasteiger partial charge in [-0.25, -0.2) is 4.39 Å². The number of rotatable bonds is 3. The average Bonchev–Trinajstić information content (AvgIpc) is 2.32. The second-order valence-electron chi connectivity index (χ2n) is 3.82. The predicted molar refractivity (Wildman–Crippen MR) is 73.7 cm³/mol. The van der Waals surface area contributed by atoms with Gasteiger partial charge >= 0.3 is 0 Å². The van der Waals surface area contributed by atoms with Gasteiger partial charge in [0.2, 0.25) is 0 Å². The second-order valence-corrected chi connectivity index (χ2v) is 4.73. The quantitative estimate of drug-likeness (QED) is 0.855. The second kappa shape index (κ2) is 5.27. The van der Waals surface area contributed by atoms with Crippen LogP contribution in [-0.4, -0.2) is 0 Å². The summed E-state index contributed by atoms with van der Waals surface area (Å²) in [4.78, 5) is 0. The first kappa shape index (κ1) is 12.7. The maximum absolute atomic E-state index is 13.5. The number of halogens is 2. The Hall–Kier alpha value is -1.75. The van der Waals surface area contributed by atoms with E-state index in [0.717, 1.165) is 0 Å². The zero-order chi connectivity index (χ0) is 13.1. The fourth-order valence-corrected chi connectivity index (χ4v) is 1.78. The van der Waals surface area contributed by atoms with Gasteiger partial charge in [-0.15, -0.1) is 0 Å². The van der Waals surface area contributed by atoms with Gasteiger partial charge in [0.05, 0.1) is 11.4 Å². The molecule has 0 bridgehead atoms. The highest BCUT2D eigenvalue weighted by Gasteiger charge is 2.04. The number of hydrogen-bond acceptors (Lipinski definition) is 3. The Labute approximate surface area is 113 Å². The normalized spacial score (nSPS) is 10.3. The lowest BCUT2D eigenvalue weighted by Gasteiger charge is -2.09. The molecule has 0 radical (unpaired) electrons. The van der Waals surface area contributed by atoms with Crippen LogP contribution in [-0.2, 0) is 6.61 Å². The molecule has 18 heavy (non-hydrogen) atoms. The van der Waals surface area contributed by atoms with E-state index in [0.29, 0.717) is 27.2 Å². The minimum atomic E-state index is -0.312. The Morgan fingerprint density at radius 1 is 1.06 bits per heavy atom. The molecule has 0 spiro atoms. The number of hydrogen-bond donors (Lipinski definition) is 2. The third-order valence-electron chi connectivity index (χ3n) is 2.47. The van der Waals surface area contributed by atoms with Crippen LogP contribution < -0.4 is 16.2 Å². The standard InChI is InChI=1S/C13H12BrFN2O/c14-9-2-1-8(11(15)5-9)7-18-10-3-4-12(16)13(17)6-10/h1-6H,7,16-17H2. The van der Waals surface area contributed by atoms with Crippen molar-refractivity contribution in [3.63, 3.8) is 0 Å². The number of anilines is 2. The predicted octanol–water partition coefficient (Wildman–Crippen LogP) is 3.33. The molecule has 2 rings (SSSR count). The Morgan fingerprint density at radius 3 is 2.50 bits per heavy atom. The first-order valence-corrected chi connectivity index (χ1v) is 6.07. The van der Waals surface area contributed by atoms with Crippen molar-refractivity contribution in [3.05, 3.63) is 52.3 Å². The highest BCUT2D eigenvalue weighted by molar-refractivity contribution is 9.10. The van der Waals surface area contributed by atoms with E-state index in [1.807, 2.05) is 0 Å². The fraction of sp³-hybridized carbons (Fsp3) is 0.0769. The van der Waals surface area contributed by atoms with Gasteiger partial charge in [0.25, 0.3) is 0 Å². The van der Waals surface area contributed by atoms with Crippen LogP contribution in [0, 0.1) is 5.82 Å². The van der Waals surface area contributed by atoms with Crippen molar-refractivity contribution < 1.29 is 9.13 Å². The summed E-state index contributed by atoms with van der Waals surface area (Å²) in [6.45, 7) is 0.141. The topological polar surface area (TPSA) is 61.3 Å². The lowest BCUT2D eigenvalue weighted by atomic mass is 10.2. The van der Waals surface area contributed by atoms with Crippen molar-refractivity contribution in [2.45, 2.75) is 6.61 Å². The van der Waals surface area contributed by atoms with E-state index in [-0.39, 0.29) is 12.4 Å². The van der Waals surface area contributed by atoms with Crippen LogP contribution in [0.25, 0.3) is 0 Å². The molecule has 2 aromatic rings. The molecule has 94 valence electrons. The summed E-state index contributed by atoms with van der Waals surface area (Å²) in [5.74, 6) is 0.247. The maximum atomic E-state index is 13.5. The molecule has 0 saturated heterocycles. The lowest BCUT2D eigenvalue weighted by Crippen LogP contribution is -2.00. The van der Waals surface area contributed by atoms with Gasteiger partial charge < -0.3 is 16.2 Å². The number of benzene rings is 2. The number of nitrogen functional groups attached to an aromatic ring is 2. The summed E-state index contributed by atoms with van der Waals surface area (Å²) >= 11 is 3.20. The molecule has 0 aromatic heterocycles. The fourth-order valence-electron chi connectivity index (χ4n) is 1.44. The number of ether oxygens (including phenoxy) is 1. The largest absolute Gasteiger partial charge is 0.489 e. The van der Waals surface area contributed by atoms with Crippen molar-refractivity contribution in [3.8, 4) is 5.75 Å². The van der Waals surface area contributed by atoms with Crippen molar-refractivity contribution >= 4 is 27.3 Å². The Kier molecular flexibility index (Phi) is 3.72. The Balaban J connectivity index is 2.09. The van der Waals surface area contributed by atoms with Gasteiger partial charge in [-0.1, -0.05) is 22.0 Å². The van der Waals surface area contributed by atoms with Gasteiger partial charge in [0.15, 0.2) is 0 Å². The van der Waals surface area contributed by atoms with E-state index in [1.54, 1.807) is 30.3 Å². The van der Waals surface area contributed by atoms with Crippen molar-refractivity contribution in [1.29, 1.82) is 0 Å². The molecule has 3 nitrogen and oxygen atoms in total. The van der Waals surface area contributed by atoms with Crippen LogP contribution in [0.2, 0.25) is 0 Å². The third kappa shape index (κ3) is 2.92. The summed E-state index contributed by atoms with van der Waals surface area (Å²) in [7, 11) is 0. The highest BCUT2D eigenvalue weighted by Crippen LogP contribution is 2.23. The average molecular weight is 311 g/mol. The van der Waals surface area contributed by atoms with Gasteiger partial charge in [0, 0.05) is 16.1 Å². The van der Waals surface area contributed by atoms with E-state index in [4.69, 9.17) is 16.2 Å². The summed E-state index contributed by atoms with van der Waals surface area (Å²) in [5, 5.41) is 0. The Morgan fingerprint density at radius 2 is 1.83 bits per heavy atom. The third-order valence-corrected chi connectivity index (χ3v) is 2.96. The van der Waals surface area contributed by atoms with E-state index in [9.17, 15) is 4.39 Å². The zero-order valence-electron chi connectivity index (χ0n) is 9.49. The molecule has 0 aliphatic rings. The van der Waals surface area contributed by atoms with Crippen molar-refractivity contribution in [2.75, 3.05) is 11.5 Å². The van der Waals surface area contributed by atoms with Crippen LogP contribution in [0.4, 0.5) is 15.8 Å². The summed E-state index contributed by atoms with van der Waals surface area (Å²) in [6.07, 6.45) is 0. The molecule has 0 aliphatic heterocycles. The molecule has 0 heterocycles. The SMILES string of the molecule is Nc1ccc(OCc2ccc(Br)cc2F)cc1N. The smallest absolute Gasteiger partial charge is 0.130 e. The maximum Gasteiger partial charge on any atom is 0.130 e. The molecule has 0 aliphatic carbocycles. The molecule has 4 N–H and O–H groups in total. The van der Waals surface area contributed by atoms with Crippen LogP contribution >= 0.6 is 15.9 Å². The van der Waals surface area contributed by atoms with Crippen LogP contribution in [0.15, 0.2) is 40.9 Å². The van der Waals surface area contributed by atoms with Gasteiger partial charge in [-0.05, 0) is 24.3 Å². The molecule has 2 aromatic carbocycles. The summed E-state index contributed by atoms with van der Waals surface area (Å²) < 4.78 is 19.7. The van der Waals surface area contributed by atoms with Crippen molar-refractivity contribution in [2.24, 2.45) is 0 Å². The summed E-state index contributed by atoms with van der Waals surface area (Å²) in [6, 6.07) is 9.80.